The van der Waals surface area contributed by atoms with Crippen LogP contribution in [0.2, 0.25) is 0 Å². The number of pyridine rings is 1. The van der Waals surface area contributed by atoms with Gasteiger partial charge in [-0.1, -0.05) is 12.5 Å². The standard InChI is InChI=1S/C15H18N2O3/c18-14(19)11-3-1-4-13(16-11)17-9-15(5-2-6-15)10-7-20-8-12(10)17/h1,3-4,10,12H,2,5-9H2,(H,18,19)/t10-,12-/m1/s1. The van der Waals surface area contributed by atoms with Gasteiger partial charge in [0.1, 0.15) is 5.82 Å². The Morgan fingerprint density at radius 2 is 2.25 bits per heavy atom. The van der Waals surface area contributed by atoms with Gasteiger partial charge in [0, 0.05) is 12.5 Å². The van der Waals surface area contributed by atoms with E-state index in [2.05, 4.69) is 9.88 Å². The largest absolute Gasteiger partial charge is 0.477 e. The fraction of sp³-hybridized carbons (Fsp3) is 0.600. The first-order valence-corrected chi connectivity index (χ1v) is 7.24. The van der Waals surface area contributed by atoms with Crippen molar-refractivity contribution in [3.8, 4) is 0 Å². The van der Waals surface area contributed by atoms with Crippen LogP contribution < -0.4 is 4.90 Å². The van der Waals surface area contributed by atoms with Crippen molar-refractivity contribution in [3.63, 3.8) is 0 Å². The van der Waals surface area contributed by atoms with E-state index in [1.54, 1.807) is 12.1 Å². The molecule has 0 bridgehead atoms. The number of fused-ring (bicyclic) bond motifs is 2. The molecule has 1 N–H and O–H groups in total. The number of ether oxygens (including phenoxy) is 1. The summed E-state index contributed by atoms with van der Waals surface area (Å²) in [5.41, 5.74) is 0.509. The Morgan fingerprint density at radius 3 is 2.95 bits per heavy atom. The molecule has 0 amide bonds. The maximum absolute atomic E-state index is 11.1. The van der Waals surface area contributed by atoms with Gasteiger partial charge in [-0.3, -0.25) is 0 Å². The molecule has 20 heavy (non-hydrogen) atoms. The van der Waals surface area contributed by atoms with E-state index in [1.165, 1.54) is 19.3 Å². The third kappa shape index (κ3) is 1.59. The first-order chi connectivity index (χ1) is 9.70. The number of carbonyl (C=O) groups is 1. The number of hydrogen-bond donors (Lipinski definition) is 1. The maximum Gasteiger partial charge on any atom is 0.354 e. The molecule has 1 aliphatic carbocycles. The molecule has 4 rings (SSSR count). The normalized spacial score (nSPS) is 30.3. The van der Waals surface area contributed by atoms with Crippen LogP contribution in [-0.2, 0) is 4.74 Å². The molecule has 0 radical (unpaired) electrons. The lowest BCUT2D eigenvalue weighted by atomic mass is 9.62. The SMILES string of the molecule is O=C(O)c1cccc(N2CC3(CCC3)[C@@H]3COC[C@H]32)n1. The summed E-state index contributed by atoms with van der Waals surface area (Å²) in [7, 11) is 0. The van der Waals surface area contributed by atoms with Crippen LogP contribution in [0.25, 0.3) is 0 Å². The molecule has 106 valence electrons. The van der Waals surface area contributed by atoms with Gasteiger partial charge < -0.3 is 14.7 Å². The predicted octanol–water partition coefficient (Wildman–Crippen LogP) is 1.79. The summed E-state index contributed by atoms with van der Waals surface area (Å²) in [5.74, 6) is 0.407. The van der Waals surface area contributed by atoms with Gasteiger partial charge in [0.05, 0.1) is 19.3 Å². The highest BCUT2D eigenvalue weighted by molar-refractivity contribution is 5.85. The maximum atomic E-state index is 11.1. The van der Waals surface area contributed by atoms with Crippen molar-refractivity contribution in [2.75, 3.05) is 24.7 Å². The van der Waals surface area contributed by atoms with Gasteiger partial charge in [-0.25, -0.2) is 9.78 Å². The number of nitrogens with zero attached hydrogens (tertiary/aromatic N) is 2. The molecule has 3 heterocycles. The van der Waals surface area contributed by atoms with Gasteiger partial charge in [0.25, 0.3) is 0 Å². The van der Waals surface area contributed by atoms with Crippen molar-refractivity contribution in [2.24, 2.45) is 11.3 Å². The third-order valence-corrected chi connectivity index (χ3v) is 5.32. The Kier molecular flexibility index (Phi) is 2.54. The van der Waals surface area contributed by atoms with Crippen LogP contribution in [0.5, 0.6) is 0 Å². The zero-order valence-corrected chi connectivity index (χ0v) is 11.3. The summed E-state index contributed by atoms with van der Waals surface area (Å²) < 4.78 is 5.69. The highest BCUT2D eigenvalue weighted by Gasteiger charge is 2.57. The zero-order valence-electron chi connectivity index (χ0n) is 11.3. The molecule has 1 aromatic rings. The molecule has 1 saturated carbocycles. The number of carboxylic acid groups (broad SMARTS) is 1. The smallest absolute Gasteiger partial charge is 0.354 e. The van der Waals surface area contributed by atoms with Crippen molar-refractivity contribution in [1.29, 1.82) is 0 Å². The van der Waals surface area contributed by atoms with E-state index in [-0.39, 0.29) is 5.69 Å². The Labute approximate surface area is 117 Å². The van der Waals surface area contributed by atoms with Crippen molar-refractivity contribution in [3.05, 3.63) is 23.9 Å². The molecule has 2 saturated heterocycles. The minimum atomic E-state index is -0.969. The molecular weight excluding hydrogens is 256 g/mol. The zero-order chi connectivity index (χ0) is 13.7. The predicted molar refractivity (Wildman–Crippen MR) is 72.9 cm³/mol. The van der Waals surface area contributed by atoms with Crippen LogP contribution in [0.15, 0.2) is 18.2 Å². The molecule has 1 spiro atoms. The number of aromatic carboxylic acids is 1. The van der Waals surface area contributed by atoms with Crippen molar-refractivity contribution < 1.29 is 14.6 Å². The number of aromatic nitrogens is 1. The van der Waals surface area contributed by atoms with E-state index in [1.807, 2.05) is 6.07 Å². The molecule has 5 heteroatoms. The van der Waals surface area contributed by atoms with Gasteiger partial charge in [0.15, 0.2) is 5.69 Å². The molecule has 5 nitrogen and oxygen atoms in total. The summed E-state index contributed by atoms with van der Waals surface area (Å²) >= 11 is 0. The lowest BCUT2D eigenvalue weighted by molar-refractivity contribution is 0.0672. The molecule has 0 aromatic carbocycles. The third-order valence-electron chi connectivity index (χ3n) is 5.32. The van der Waals surface area contributed by atoms with E-state index < -0.39 is 5.97 Å². The molecule has 3 fully saturated rings. The fourth-order valence-corrected chi connectivity index (χ4v) is 4.12. The minimum absolute atomic E-state index is 0.118. The highest BCUT2D eigenvalue weighted by atomic mass is 16.5. The van der Waals surface area contributed by atoms with Crippen molar-refractivity contribution >= 4 is 11.8 Å². The van der Waals surface area contributed by atoms with Crippen LogP contribution in [0.1, 0.15) is 29.8 Å². The van der Waals surface area contributed by atoms with Gasteiger partial charge in [0.2, 0.25) is 0 Å². The first-order valence-electron chi connectivity index (χ1n) is 7.24. The van der Waals surface area contributed by atoms with Crippen LogP contribution in [0, 0.1) is 11.3 Å². The second kappa shape index (κ2) is 4.19. The molecule has 1 aromatic heterocycles. The second-order valence-corrected chi connectivity index (χ2v) is 6.24. The van der Waals surface area contributed by atoms with Crippen LogP contribution in [-0.4, -0.2) is 41.9 Å². The lowest BCUT2D eigenvalue weighted by Crippen LogP contribution is -2.38. The molecule has 3 aliphatic rings. The molecule has 2 aliphatic heterocycles. The summed E-state index contributed by atoms with van der Waals surface area (Å²) in [6.07, 6.45) is 3.85. The lowest BCUT2D eigenvalue weighted by Gasteiger charge is -2.42. The highest BCUT2D eigenvalue weighted by Crippen LogP contribution is 2.56. The Morgan fingerprint density at radius 1 is 1.40 bits per heavy atom. The van der Waals surface area contributed by atoms with E-state index in [4.69, 9.17) is 9.84 Å². The summed E-state index contributed by atoms with van der Waals surface area (Å²) in [6.45, 7) is 2.59. The fourth-order valence-electron chi connectivity index (χ4n) is 4.12. The van der Waals surface area contributed by atoms with Gasteiger partial charge >= 0.3 is 5.97 Å². The topological polar surface area (TPSA) is 62.7 Å². The monoisotopic (exact) mass is 274 g/mol. The van der Waals surface area contributed by atoms with Crippen molar-refractivity contribution in [1.82, 2.24) is 4.98 Å². The summed E-state index contributed by atoms with van der Waals surface area (Å²) in [4.78, 5) is 17.7. The van der Waals surface area contributed by atoms with Crippen LogP contribution in [0.3, 0.4) is 0 Å². The average Bonchev–Trinajstić information content (AvgIpc) is 2.97. The van der Waals surface area contributed by atoms with Gasteiger partial charge in [-0.2, -0.15) is 0 Å². The van der Waals surface area contributed by atoms with Crippen LogP contribution in [0.4, 0.5) is 5.82 Å². The second-order valence-electron chi connectivity index (χ2n) is 6.24. The van der Waals surface area contributed by atoms with E-state index in [0.29, 0.717) is 17.4 Å². The first kappa shape index (κ1) is 12.1. The number of rotatable bonds is 2. The number of carboxylic acids is 1. The van der Waals surface area contributed by atoms with Crippen molar-refractivity contribution in [2.45, 2.75) is 25.3 Å². The molecule has 0 unspecified atom stereocenters. The Bertz CT molecular complexity index is 556. The van der Waals surface area contributed by atoms with E-state index >= 15 is 0 Å². The number of hydrogen-bond acceptors (Lipinski definition) is 4. The number of anilines is 1. The quantitative estimate of drug-likeness (QED) is 0.890. The molecule has 2 atom stereocenters. The summed E-state index contributed by atoms with van der Waals surface area (Å²) in [6, 6.07) is 5.61. The van der Waals surface area contributed by atoms with Gasteiger partial charge in [-0.05, 0) is 30.4 Å². The van der Waals surface area contributed by atoms with E-state index in [0.717, 1.165) is 25.6 Å². The Balaban J connectivity index is 1.68. The average molecular weight is 274 g/mol. The Hall–Kier alpha value is -1.62. The van der Waals surface area contributed by atoms with Crippen LogP contribution >= 0.6 is 0 Å². The summed E-state index contributed by atoms with van der Waals surface area (Å²) in [5, 5.41) is 9.09. The minimum Gasteiger partial charge on any atom is -0.477 e. The van der Waals surface area contributed by atoms with Gasteiger partial charge in [-0.15, -0.1) is 0 Å². The molecular formula is C15H18N2O3. The van der Waals surface area contributed by atoms with E-state index in [9.17, 15) is 4.79 Å².